The Morgan fingerprint density at radius 2 is 2.35 bits per heavy atom. The molecule has 94 valence electrons. The Morgan fingerprint density at radius 3 is 3.00 bits per heavy atom. The number of likely N-dealkylation sites (tertiary alicyclic amines) is 1. The largest absolute Gasteiger partial charge is 0.466 e. The monoisotopic (exact) mass is 237 g/mol. The van der Waals surface area contributed by atoms with E-state index in [0.29, 0.717) is 19.6 Å². The molecule has 2 rings (SSSR count). The van der Waals surface area contributed by atoms with E-state index in [1.807, 2.05) is 6.92 Å². The maximum Gasteiger partial charge on any atom is 0.310 e. The molecule has 1 saturated heterocycles. The molecule has 1 heterocycles. The molecule has 1 fully saturated rings. The molecule has 0 saturated carbocycles. The highest BCUT2D eigenvalue weighted by Gasteiger charge is 2.29. The maximum absolute atomic E-state index is 11.7. The average Bonchev–Trinajstić information content (AvgIpc) is 2.76. The predicted octanol–water partition coefficient (Wildman–Crippen LogP) is 1.51. The lowest BCUT2D eigenvalue weighted by Gasteiger charge is -2.33. The first kappa shape index (κ1) is 12.1. The van der Waals surface area contributed by atoms with Crippen molar-refractivity contribution >= 4 is 11.8 Å². The molecule has 0 N–H and O–H groups in total. The number of carbonyl (C=O) groups is 2. The highest BCUT2D eigenvalue weighted by atomic mass is 16.5. The Balaban J connectivity index is 1.95. The van der Waals surface area contributed by atoms with Crippen LogP contribution in [0.15, 0.2) is 11.8 Å². The number of allylic oxidation sites excluding steroid dienone is 2. The van der Waals surface area contributed by atoms with E-state index in [1.165, 1.54) is 0 Å². The first-order chi connectivity index (χ1) is 8.20. The number of hydrogen-bond donors (Lipinski definition) is 0. The second kappa shape index (κ2) is 5.34. The number of carbonyl (C=O) groups excluding carboxylic acids is 2. The number of ketones is 1. The Hall–Kier alpha value is -1.32. The Kier molecular flexibility index (Phi) is 3.82. The molecular formula is C13H19NO3. The molecule has 0 aromatic carbocycles. The van der Waals surface area contributed by atoms with Crippen LogP contribution in [0.1, 0.15) is 32.6 Å². The fourth-order valence-corrected chi connectivity index (χ4v) is 2.52. The molecule has 1 aliphatic heterocycles. The number of nitrogens with zero attached hydrogens (tertiary/aromatic N) is 1. The zero-order valence-electron chi connectivity index (χ0n) is 10.3. The van der Waals surface area contributed by atoms with E-state index in [4.69, 9.17) is 4.74 Å². The lowest BCUT2D eigenvalue weighted by atomic mass is 9.97. The quantitative estimate of drug-likeness (QED) is 0.698. The SMILES string of the molecule is CCOC(=O)C1CCCN(C2=CC(=O)CC2)C1. The molecule has 4 nitrogen and oxygen atoms in total. The molecule has 2 aliphatic rings. The number of esters is 1. The fourth-order valence-electron chi connectivity index (χ4n) is 2.52. The van der Waals surface area contributed by atoms with Crippen molar-refractivity contribution in [2.75, 3.05) is 19.7 Å². The van der Waals surface area contributed by atoms with Gasteiger partial charge >= 0.3 is 5.97 Å². The van der Waals surface area contributed by atoms with Crippen LogP contribution in [0.2, 0.25) is 0 Å². The molecule has 0 radical (unpaired) electrons. The van der Waals surface area contributed by atoms with E-state index in [-0.39, 0.29) is 17.7 Å². The van der Waals surface area contributed by atoms with E-state index in [0.717, 1.165) is 31.5 Å². The third-order valence-electron chi connectivity index (χ3n) is 3.40. The first-order valence-electron chi connectivity index (χ1n) is 6.35. The van der Waals surface area contributed by atoms with Gasteiger partial charge in [-0.05, 0) is 26.2 Å². The molecule has 0 bridgehead atoms. The van der Waals surface area contributed by atoms with Gasteiger partial charge in [-0.15, -0.1) is 0 Å². The molecule has 0 aromatic heterocycles. The van der Waals surface area contributed by atoms with Crippen molar-refractivity contribution < 1.29 is 14.3 Å². The summed E-state index contributed by atoms with van der Waals surface area (Å²) in [6, 6.07) is 0. The highest BCUT2D eigenvalue weighted by molar-refractivity contribution is 5.92. The van der Waals surface area contributed by atoms with Crippen LogP contribution in [0.25, 0.3) is 0 Å². The second-order valence-corrected chi connectivity index (χ2v) is 4.64. The third-order valence-corrected chi connectivity index (χ3v) is 3.40. The van der Waals surface area contributed by atoms with Gasteiger partial charge in [0.2, 0.25) is 0 Å². The molecule has 0 amide bonds. The zero-order chi connectivity index (χ0) is 12.3. The summed E-state index contributed by atoms with van der Waals surface area (Å²) in [5, 5.41) is 0. The lowest BCUT2D eigenvalue weighted by molar-refractivity contribution is -0.149. The van der Waals surface area contributed by atoms with E-state index in [2.05, 4.69) is 4.90 Å². The fraction of sp³-hybridized carbons (Fsp3) is 0.692. The third kappa shape index (κ3) is 2.87. The molecule has 1 unspecified atom stereocenters. The van der Waals surface area contributed by atoms with Gasteiger partial charge in [-0.3, -0.25) is 9.59 Å². The molecule has 1 aliphatic carbocycles. The smallest absolute Gasteiger partial charge is 0.310 e. The summed E-state index contributed by atoms with van der Waals surface area (Å²) in [5.41, 5.74) is 1.10. The second-order valence-electron chi connectivity index (χ2n) is 4.64. The van der Waals surface area contributed by atoms with Crippen LogP contribution >= 0.6 is 0 Å². The number of ether oxygens (including phenoxy) is 1. The molecule has 4 heteroatoms. The molecule has 17 heavy (non-hydrogen) atoms. The topological polar surface area (TPSA) is 46.6 Å². The van der Waals surface area contributed by atoms with Crippen LogP contribution in [-0.2, 0) is 14.3 Å². The summed E-state index contributed by atoms with van der Waals surface area (Å²) in [6.45, 7) is 3.93. The minimum Gasteiger partial charge on any atom is -0.466 e. The molecule has 0 aromatic rings. The van der Waals surface area contributed by atoms with Crippen LogP contribution in [-0.4, -0.2) is 36.3 Å². The summed E-state index contributed by atoms with van der Waals surface area (Å²) in [6.07, 6.45) is 5.07. The maximum atomic E-state index is 11.7. The molecular weight excluding hydrogens is 218 g/mol. The zero-order valence-corrected chi connectivity index (χ0v) is 10.3. The summed E-state index contributed by atoms with van der Waals surface area (Å²) in [5.74, 6) is 0.0840. The van der Waals surface area contributed by atoms with Gasteiger partial charge in [0.25, 0.3) is 0 Å². The van der Waals surface area contributed by atoms with Crippen LogP contribution < -0.4 is 0 Å². The molecule has 1 atom stereocenters. The van der Waals surface area contributed by atoms with E-state index in [1.54, 1.807) is 6.08 Å². The summed E-state index contributed by atoms with van der Waals surface area (Å²) in [7, 11) is 0. The van der Waals surface area contributed by atoms with E-state index >= 15 is 0 Å². The minimum absolute atomic E-state index is 0.0275. The number of rotatable bonds is 3. The Bertz CT molecular complexity index is 349. The Morgan fingerprint density at radius 1 is 1.53 bits per heavy atom. The van der Waals surface area contributed by atoms with E-state index in [9.17, 15) is 9.59 Å². The van der Waals surface area contributed by atoms with Crippen LogP contribution in [0.3, 0.4) is 0 Å². The van der Waals surface area contributed by atoms with Crippen LogP contribution in [0.5, 0.6) is 0 Å². The van der Waals surface area contributed by atoms with Crippen molar-refractivity contribution in [1.82, 2.24) is 4.90 Å². The van der Waals surface area contributed by atoms with Gasteiger partial charge in [-0.25, -0.2) is 0 Å². The summed E-state index contributed by atoms with van der Waals surface area (Å²) >= 11 is 0. The minimum atomic E-state index is -0.0953. The Labute approximate surface area is 102 Å². The number of piperidine rings is 1. The van der Waals surface area contributed by atoms with Crippen molar-refractivity contribution in [2.45, 2.75) is 32.6 Å². The van der Waals surface area contributed by atoms with E-state index < -0.39 is 0 Å². The lowest BCUT2D eigenvalue weighted by Crippen LogP contribution is -2.38. The van der Waals surface area contributed by atoms with Gasteiger partial charge in [0.15, 0.2) is 5.78 Å². The van der Waals surface area contributed by atoms with Gasteiger partial charge in [-0.2, -0.15) is 0 Å². The molecule has 0 spiro atoms. The van der Waals surface area contributed by atoms with Gasteiger partial charge in [0, 0.05) is 31.3 Å². The van der Waals surface area contributed by atoms with Gasteiger partial charge in [0.1, 0.15) is 0 Å². The van der Waals surface area contributed by atoms with Crippen molar-refractivity contribution in [3.05, 3.63) is 11.8 Å². The van der Waals surface area contributed by atoms with Gasteiger partial charge in [-0.1, -0.05) is 0 Å². The first-order valence-corrected chi connectivity index (χ1v) is 6.35. The van der Waals surface area contributed by atoms with Crippen molar-refractivity contribution in [1.29, 1.82) is 0 Å². The standard InChI is InChI=1S/C13H19NO3/c1-2-17-13(16)10-4-3-7-14(9-10)11-5-6-12(15)8-11/h8,10H,2-7,9H2,1H3. The van der Waals surface area contributed by atoms with Crippen LogP contribution in [0.4, 0.5) is 0 Å². The average molecular weight is 237 g/mol. The normalized spacial score (nSPS) is 24.8. The van der Waals surface area contributed by atoms with Crippen molar-refractivity contribution in [3.63, 3.8) is 0 Å². The van der Waals surface area contributed by atoms with Gasteiger partial charge < -0.3 is 9.64 Å². The summed E-state index contributed by atoms with van der Waals surface area (Å²) in [4.78, 5) is 25.1. The predicted molar refractivity (Wildman–Crippen MR) is 63.3 cm³/mol. The highest BCUT2D eigenvalue weighted by Crippen LogP contribution is 2.26. The van der Waals surface area contributed by atoms with Crippen molar-refractivity contribution in [2.24, 2.45) is 5.92 Å². The van der Waals surface area contributed by atoms with Gasteiger partial charge in [0.05, 0.1) is 12.5 Å². The number of hydrogen-bond acceptors (Lipinski definition) is 4. The van der Waals surface area contributed by atoms with Crippen LogP contribution in [0, 0.1) is 5.92 Å². The van der Waals surface area contributed by atoms with Crippen molar-refractivity contribution in [3.8, 4) is 0 Å². The summed E-state index contributed by atoms with van der Waals surface area (Å²) < 4.78 is 5.06.